The molecule has 1 N–H and O–H groups in total. The van der Waals surface area contributed by atoms with Gasteiger partial charge >= 0.3 is 5.97 Å². The molecule has 0 atom stereocenters. The van der Waals surface area contributed by atoms with Crippen molar-refractivity contribution in [2.75, 3.05) is 18.2 Å². The van der Waals surface area contributed by atoms with E-state index in [9.17, 15) is 18.4 Å². The van der Waals surface area contributed by atoms with Gasteiger partial charge in [-0.1, -0.05) is 25.6 Å². The molecule has 26 heavy (non-hydrogen) atoms. The van der Waals surface area contributed by atoms with E-state index in [0.717, 1.165) is 29.6 Å². The van der Waals surface area contributed by atoms with Crippen LogP contribution in [0.4, 0.5) is 14.5 Å². The molecule has 0 fully saturated rings. The van der Waals surface area contributed by atoms with E-state index < -0.39 is 23.5 Å². The second-order valence-electron chi connectivity index (χ2n) is 5.70. The van der Waals surface area contributed by atoms with Crippen LogP contribution in [0, 0.1) is 11.6 Å². The first kappa shape index (κ1) is 19.8. The normalized spacial score (nSPS) is 10.7. The zero-order valence-corrected chi connectivity index (χ0v) is 15.3. The molecule has 138 valence electrons. The molecular weight excluding hydrogens is 362 g/mol. The maximum absolute atomic E-state index is 13.6. The molecule has 0 aliphatic rings. The Morgan fingerprint density at radius 1 is 1.23 bits per heavy atom. The van der Waals surface area contributed by atoms with Crippen molar-refractivity contribution < 1.29 is 23.1 Å². The van der Waals surface area contributed by atoms with Crippen LogP contribution < -0.4 is 5.32 Å². The number of carbonyl (C=O) groups is 2. The number of ether oxygens (including phenoxy) is 1. The van der Waals surface area contributed by atoms with E-state index in [4.69, 9.17) is 4.74 Å². The quantitative estimate of drug-likeness (QED) is 0.606. The van der Waals surface area contributed by atoms with Crippen molar-refractivity contribution in [2.45, 2.75) is 24.8 Å². The zero-order chi connectivity index (χ0) is 19.3. The van der Waals surface area contributed by atoms with Crippen molar-refractivity contribution in [3.63, 3.8) is 0 Å². The van der Waals surface area contributed by atoms with Gasteiger partial charge in [-0.3, -0.25) is 4.79 Å². The van der Waals surface area contributed by atoms with Gasteiger partial charge in [0, 0.05) is 11.8 Å². The lowest BCUT2D eigenvalue weighted by atomic mass is 10.1. The number of aromatic nitrogens is 1. The summed E-state index contributed by atoms with van der Waals surface area (Å²) < 4.78 is 31.2. The largest absolute Gasteiger partial charge is 0.465 e. The van der Waals surface area contributed by atoms with Gasteiger partial charge in [0.25, 0.3) is 0 Å². The van der Waals surface area contributed by atoms with Gasteiger partial charge in [-0.15, -0.1) is 0 Å². The molecule has 1 amide bonds. The highest BCUT2D eigenvalue weighted by molar-refractivity contribution is 8.00. The number of amides is 1. The number of thioether (sulfide) groups is 1. The van der Waals surface area contributed by atoms with Crippen LogP contribution in [-0.2, 0) is 9.53 Å². The molecule has 1 heterocycles. The van der Waals surface area contributed by atoms with Crippen molar-refractivity contribution in [1.82, 2.24) is 4.98 Å². The monoisotopic (exact) mass is 380 g/mol. The third kappa shape index (κ3) is 5.01. The van der Waals surface area contributed by atoms with Crippen LogP contribution in [0.5, 0.6) is 0 Å². The number of methoxy groups -OCH3 is 1. The van der Waals surface area contributed by atoms with Crippen LogP contribution in [0.1, 0.15) is 35.8 Å². The van der Waals surface area contributed by atoms with E-state index in [1.165, 1.54) is 7.11 Å². The highest BCUT2D eigenvalue weighted by Crippen LogP contribution is 2.25. The first-order valence-corrected chi connectivity index (χ1v) is 8.77. The van der Waals surface area contributed by atoms with Crippen LogP contribution in [0.3, 0.4) is 0 Å². The van der Waals surface area contributed by atoms with E-state index in [-0.39, 0.29) is 22.9 Å². The number of esters is 1. The Bertz CT molecular complexity index is 828. The predicted octanol–water partition coefficient (Wildman–Crippen LogP) is 4.00. The molecule has 0 unspecified atom stereocenters. The van der Waals surface area contributed by atoms with Crippen LogP contribution in [0.25, 0.3) is 0 Å². The van der Waals surface area contributed by atoms with Crippen LogP contribution >= 0.6 is 11.8 Å². The third-order valence-corrected chi connectivity index (χ3v) is 4.42. The van der Waals surface area contributed by atoms with Crippen molar-refractivity contribution in [1.29, 1.82) is 0 Å². The summed E-state index contributed by atoms with van der Waals surface area (Å²) in [5, 5.41) is 2.72. The first-order valence-electron chi connectivity index (χ1n) is 7.78. The molecule has 8 heteroatoms. The molecule has 2 rings (SSSR count). The molecular formula is C18H18F2N2O3S. The zero-order valence-electron chi connectivity index (χ0n) is 14.5. The molecule has 0 bridgehead atoms. The number of carbonyl (C=O) groups excluding carboxylic acids is 2. The van der Waals surface area contributed by atoms with Gasteiger partial charge in [0.15, 0.2) is 0 Å². The fourth-order valence-corrected chi connectivity index (χ4v) is 2.88. The molecule has 2 aromatic rings. The van der Waals surface area contributed by atoms with Crippen molar-refractivity contribution in [3.05, 3.63) is 53.2 Å². The standard InChI is InChI=1S/C18H18F2N2O3S/c1-10(2)14-7-5-12(18(24)25-3)17(22-14)26-9-16(23)21-15-6-4-11(19)8-13(15)20/h4-8,10H,9H2,1-3H3,(H,21,23). The van der Waals surface area contributed by atoms with Crippen LogP contribution in [-0.4, -0.2) is 29.7 Å². The number of anilines is 1. The highest BCUT2D eigenvalue weighted by Gasteiger charge is 2.17. The maximum atomic E-state index is 13.6. The maximum Gasteiger partial charge on any atom is 0.340 e. The summed E-state index contributed by atoms with van der Waals surface area (Å²) >= 11 is 1.04. The highest BCUT2D eigenvalue weighted by atomic mass is 32.2. The molecule has 0 saturated heterocycles. The number of nitrogens with zero attached hydrogens (tertiary/aromatic N) is 1. The summed E-state index contributed by atoms with van der Waals surface area (Å²) in [4.78, 5) is 28.3. The van der Waals surface area contributed by atoms with Crippen molar-refractivity contribution >= 4 is 29.3 Å². The Hall–Kier alpha value is -2.48. The van der Waals surface area contributed by atoms with Crippen molar-refractivity contribution in [2.24, 2.45) is 0 Å². The van der Waals surface area contributed by atoms with Gasteiger partial charge in [-0.25, -0.2) is 18.6 Å². The Balaban J connectivity index is 2.12. The Kier molecular flexibility index (Phi) is 6.68. The molecule has 0 spiro atoms. The molecule has 1 aromatic carbocycles. The second kappa shape index (κ2) is 8.75. The number of nitrogens with one attached hydrogen (secondary N) is 1. The Morgan fingerprint density at radius 3 is 2.58 bits per heavy atom. The average molecular weight is 380 g/mol. The number of hydrogen-bond acceptors (Lipinski definition) is 5. The van der Waals surface area contributed by atoms with E-state index in [0.29, 0.717) is 11.1 Å². The number of benzene rings is 1. The molecule has 0 aliphatic heterocycles. The molecule has 0 radical (unpaired) electrons. The fraction of sp³-hybridized carbons (Fsp3) is 0.278. The van der Waals surface area contributed by atoms with Gasteiger partial charge in [0.2, 0.25) is 5.91 Å². The molecule has 5 nitrogen and oxygen atoms in total. The average Bonchev–Trinajstić information content (AvgIpc) is 2.61. The number of halogens is 2. The summed E-state index contributed by atoms with van der Waals surface area (Å²) in [5.41, 5.74) is 0.905. The minimum Gasteiger partial charge on any atom is -0.465 e. The molecule has 1 aromatic heterocycles. The fourth-order valence-electron chi connectivity index (χ4n) is 2.06. The summed E-state index contributed by atoms with van der Waals surface area (Å²) in [6, 6.07) is 6.22. The molecule has 0 aliphatic carbocycles. The van der Waals surface area contributed by atoms with Crippen LogP contribution in [0.2, 0.25) is 0 Å². The summed E-state index contributed by atoms with van der Waals surface area (Å²) in [6.07, 6.45) is 0. The SMILES string of the molecule is COC(=O)c1ccc(C(C)C)nc1SCC(=O)Nc1ccc(F)cc1F. The number of pyridine rings is 1. The Morgan fingerprint density at radius 2 is 1.96 bits per heavy atom. The van der Waals surface area contributed by atoms with E-state index in [1.807, 2.05) is 13.8 Å². The third-order valence-electron chi connectivity index (χ3n) is 3.42. The minimum atomic E-state index is -0.862. The van der Waals surface area contributed by atoms with E-state index in [2.05, 4.69) is 10.3 Å². The summed E-state index contributed by atoms with van der Waals surface area (Å²) in [6.45, 7) is 3.91. The van der Waals surface area contributed by atoms with E-state index >= 15 is 0 Å². The van der Waals surface area contributed by atoms with Gasteiger partial charge in [0.05, 0.1) is 24.1 Å². The van der Waals surface area contributed by atoms with Gasteiger partial charge < -0.3 is 10.1 Å². The number of rotatable bonds is 6. The first-order chi connectivity index (χ1) is 12.3. The van der Waals surface area contributed by atoms with Gasteiger partial charge in [-0.05, 0) is 30.2 Å². The van der Waals surface area contributed by atoms with E-state index in [1.54, 1.807) is 12.1 Å². The number of hydrogen-bond donors (Lipinski definition) is 1. The van der Waals surface area contributed by atoms with Crippen molar-refractivity contribution in [3.8, 4) is 0 Å². The lowest BCUT2D eigenvalue weighted by Gasteiger charge is -2.11. The Labute approximate surface area is 154 Å². The second-order valence-corrected chi connectivity index (χ2v) is 6.66. The summed E-state index contributed by atoms with van der Waals surface area (Å²) in [7, 11) is 1.26. The van der Waals surface area contributed by atoms with Crippen LogP contribution in [0.15, 0.2) is 35.4 Å². The lowest BCUT2D eigenvalue weighted by Crippen LogP contribution is -2.16. The van der Waals surface area contributed by atoms with Gasteiger partial charge in [0.1, 0.15) is 16.7 Å². The predicted molar refractivity (Wildman–Crippen MR) is 95.4 cm³/mol. The lowest BCUT2D eigenvalue weighted by molar-refractivity contribution is -0.113. The molecule has 0 saturated carbocycles. The minimum absolute atomic E-state index is 0.102. The topological polar surface area (TPSA) is 68.3 Å². The smallest absolute Gasteiger partial charge is 0.340 e. The van der Waals surface area contributed by atoms with Gasteiger partial charge in [-0.2, -0.15) is 0 Å². The summed E-state index contributed by atoms with van der Waals surface area (Å²) in [5.74, 6) is -2.61.